The average molecular weight is 270 g/mol. The molecule has 0 amide bonds. The largest absolute Gasteiger partial charge is 0.370 e. The summed E-state index contributed by atoms with van der Waals surface area (Å²) >= 11 is 6.16. The van der Waals surface area contributed by atoms with E-state index in [1.165, 1.54) is 0 Å². The van der Waals surface area contributed by atoms with Gasteiger partial charge in [-0.3, -0.25) is 0 Å². The Kier molecular flexibility index (Phi) is 5.42. The van der Waals surface area contributed by atoms with E-state index >= 15 is 0 Å². The lowest BCUT2D eigenvalue weighted by Gasteiger charge is -2.21. The van der Waals surface area contributed by atoms with Gasteiger partial charge in [0, 0.05) is 24.8 Å². The van der Waals surface area contributed by atoms with E-state index in [0.29, 0.717) is 10.9 Å². The number of rotatable bonds is 5. The molecule has 0 bridgehead atoms. The first-order valence-electron chi connectivity index (χ1n) is 6.41. The third-order valence-corrected chi connectivity index (χ3v) is 2.78. The van der Waals surface area contributed by atoms with Crippen molar-refractivity contribution in [3.8, 4) is 0 Å². The van der Waals surface area contributed by atoms with E-state index in [9.17, 15) is 0 Å². The number of nitrogens with one attached hydrogen (secondary N) is 2. The summed E-state index contributed by atoms with van der Waals surface area (Å²) in [6.07, 6.45) is 1.71. The molecule has 0 atom stereocenters. The fourth-order valence-corrected chi connectivity index (χ4v) is 1.55. The van der Waals surface area contributed by atoms with Crippen molar-refractivity contribution in [2.75, 3.05) is 11.9 Å². The zero-order valence-electron chi connectivity index (χ0n) is 12.0. The Bertz CT molecular complexity index is 383. The van der Waals surface area contributed by atoms with Gasteiger partial charge in [0.2, 0.25) is 0 Å². The fraction of sp³-hybridized carbons (Fsp3) is 0.643. The maximum Gasteiger partial charge on any atom is 0.126 e. The number of pyridine rings is 1. The molecule has 0 aliphatic rings. The molecule has 0 unspecified atom stereocenters. The van der Waals surface area contributed by atoms with E-state index in [1.807, 2.05) is 6.07 Å². The second-order valence-corrected chi connectivity index (χ2v) is 6.45. The Morgan fingerprint density at radius 3 is 2.56 bits per heavy atom. The summed E-state index contributed by atoms with van der Waals surface area (Å²) in [7, 11) is 0. The summed E-state index contributed by atoms with van der Waals surface area (Å²) in [4.78, 5) is 4.28. The van der Waals surface area contributed by atoms with Crippen molar-refractivity contribution in [2.24, 2.45) is 5.92 Å². The maximum atomic E-state index is 6.16. The monoisotopic (exact) mass is 269 g/mol. The van der Waals surface area contributed by atoms with Crippen molar-refractivity contribution >= 4 is 17.4 Å². The van der Waals surface area contributed by atoms with Gasteiger partial charge < -0.3 is 10.6 Å². The third kappa shape index (κ3) is 5.69. The number of halogens is 1. The van der Waals surface area contributed by atoms with Gasteiger partial charge in [0.1, 0.15) is 5.82 Å². The van der Waals surface area contributed by atoms with Gasteiger partial charge in [-0.1, -0.05) is 25.4 Å². The van der Waals surface area contributed by atoms with Crippen LogP contribution in [-0.4, -0.2) is 17.1 Å². The molecule has 0 radical (unpaired) electrons. The zero-order valence-corrected chi connectivity index (χ0v) is 12.7. The van der Waals surface area contributed by atoms with Gasteiger partial charge in [-0.25, -0.2) is 4.98 Å². The fourth-order valence-electron chi connectivity index (χ4n) is 1.38. The predicted molar refractivity (Wildman–Crippen MR) is 79.2 cm³/mol. The quantitative estimate of drug-likeness (QED) is 0.856. The predicted octanol–water partition coefficient (Wildman–Crippen LogP) is 3.69. The number of hydrogen-bond donors (Lipinski definition) is 2. The first kappa shape index (κ1) is 15.3. The van der Waals surface area contributed by atoms with Crippen LogP contribution in [-0.2, 0) is 6.54 Å². The van der Waals surface area contributed by atoms with Crippen molar-refractivity contribution in [1.82, 2.24) is 10.3 Å². The standard InChI is InChI=1S/C14H24ClN3/c1-10(2)7-16-13-6-11(12(15)9-17-13)8-18-14(3,4)5/h6,9-10,18H,7-8H2,1-5H3,(H,16,17). The zero-order chi connectivity index (χ0) is 13.8. The summed E-state index contributed by atoms with van der Waals surface area (Å²) in [6, 6.07) is 2.02. The molecule has 102 valence electrons. The second kappa shape index (κ2) is 6.39. The van der Waals surface area contributed by atoms with Gasteiger partial charge in [-0.05, 0) is 38.3 Å². The van der Waals surface area contributed by atoms with E-state index < -0.39 is 0 Å². The van der Waals surface area contributed by atoms with Gasteiger partial charge in [0.05, 0.1) is 5.02 Å². The molecule has 4 heteroatoms. The molecule has 0 fully saturated rings. The van der Waals surface area contributed by atoms with Crippen molar-refractivity contribution < 1.29 is 0 Å². The van der Waals surface area contributed by atoms with Gasteiger partial charge in [0.25, 0.3) is 0 Å². The van der Waals surface area contributed by atoms with Crippen LogP contribution in [0.25, 0.3) is 0 Å². The van der Waals surface area contributed by atoms with E-state index in [1.54, 1.807) is 6.20 Å². The summed E-state index contributed by atoms with van der Waals surface area (Å²) in [5, 5.41) is 7.45. The first-order valence-corrected chi connectivity index (χ1v) is 6.79. The van der Waals surface area contributed by atoms with Crippen LogP contribution in [0.1, 0.15) is 40.2 Å². The van der Waals surface area contributed by atoms with Crippen LogP contribution in [0.4, 0.5) is 5.82 Å². The highest BCUT2D eigenvalue weighted by molar-refractivity contribution is 6.31. The van der Waals surface area contributed by atoms with Crippen LogP contribution in [0.2, 0.25) is 5.02 Å². The van der Waals surface area contributed by atoms with Crippen LogP contribution >= 0.6 is 11.6 Å². The van der Waals surface area contributed by atoms with Crippen LogP contribution < -0.4 is 10.6 Å². The lowest BCUT2D eigenvalue weighted by atomic mass is 10.1. The van der Waals surface area contributed by atoms with E-state index in [4.69, 9.17) is 11.6 Å². The lowest BCUT2D eigenvalue weighted by molar-refractivity contribution is 0.424. The van der Waals surface area contributed by atoms with Gasteiger partial charge in [-0.15, -0.1) is 0 Å². The van der Waals surface area contributed by atoms with E-state index in [0.717, 1.165) is 24.5 Å². The summed E-state index contributed by atoms with van der Waals surface area (Å²) in [5.41, 5.74) is 1.16. The molecular formula is C14H24ClN3. The van der Waals surface area contributed by atoms with Crippen molar-refractivity contribution in [1.29, 1.82) is 0 Å². The van der Waals surface area contributed by atoms with Crippen molar-refractivity contribution in [3.05, 3.63) is 22.8 Å². The SMILES string of the molecule is CC(C)CNc1cc(CNC(C)(C)C)c(Cl)cn1. The molecule has 2 N–H and O–H groups in total. The molecule has 1 aromatic heterocycles. The minimum Gasteiger partial charge on any atom is -0.370 e. The minimum atomic E-state index is 0.0815. The van der Waals surface area contributed by atoms with Crippen LogP contribution in [0.15, 0.2) is 12.3 Å². The molecule has 3 nitrogen and oxygen atoms in total. The Morgan fingerprint density at radius 1 is 1.33 bits per heavy atom. The number of hydrogen-bond acceptors (Lipinski definition) is 3. The molecule has 0 aliphatic heterocycles. The summed E-state index contributed by atoms with van der Waals surface area (Å²) < 4.78 is 0. The molecule has 0 saturated carbocycles. The Balaban J connectivity index is 2.69. The maximum absolute atomic E-state index is 6.16. The highest BCUT2D eigenvalue weighted by atomic mass is 35.5. The van der Waals surface area contributed by atoms with Crippen LogP contribution in [0, 0.1) is 5.92 Å². The molecule has 1 heterocycles. The average Bonchev–Trinajstić information content (AvgIpc) is 2.25. The van der Waals surface area contributed by atoms with Crippen LogP contribution in [0.5, 0.6) is 0 Å². The highest BCUT2D eigenvalue weighted by Crippen LogP contribution is 2.19. The molecule has 0 aliphatic carbocycles. The van der Waals surface area contributed by atoms with Gasteiger partial charge in [0.15, 0.2) is 0 Å². The number of nitrogens with zero attached hydrogens (tertiary/aromatic N) is 1. The lowest BCUT2D eigenvalue weighted by Crippen LogP contribution is -2.35. The van der Waals surface area contributed by atoms with Crippen LogP contribution in [0.3, 0.4) is 0 Å². The highest BCUT2D eigenvalue weighted by Gasteiger charge is 2.10. The number of aromatic nitrogens is 1. The Morgan fingerprint density at radius 2 is 2.00 bits per heavy atom. The minimum absolute atomic E-state index is 0.0815. The third-order valence-electron chi connectivity index (χ3n) is 2.44. The van der Waals surface area contributed by atoms with E-state index in [-0.39, 0.29) is 5.54 Å². The summed E-state index contributed by atoms with van der Waals surface area (Å²) in [6.45, 7) is 12.4. The smallest absolute Gasteiger partial charge is 0.126 e. The topological polar surface area (TPSA) is 37.0 Å². The molecule has 1 rings (SSSR count). The summed E-state index contributed by atoms with van der Waals surface area (Å²) in [5.74, 6) is 1.48. The number of anilines is 1. The second-order valence-electron chi connectivity index (χ2n) is 6.04. The Hall–Kier alpha value is -0.800. The normalized spacial score (nSPS) is 11.9. The van der Waals surface area contributed by atoms with Gasteiger partial charge >= 0.3 is 0 Å². The molecule has 18 heavy (non-hydrogen) atoms. The molecule has 0 saturated heterocycles. The van der Waals surface area contributed by atoms with Crippen molar-refractivity contribution in [2.45, 2.75) is 46.7 Å². The molecule has 1 aromatic rings. The molecule has 0 aromatic carbocycles. The van der Waals surface area contributed by atoms with Crippen molar-refractivity contribution in [3.63, 3.8) is 0 Å². The molecular weight excluding hydrogens is 246 g/mol. The van der Waals surface area contributed by atoms with Gasteiger partial charge in [-0.2, -0.15) is 0 Å². The van der Waals surface area contributed by atoms with E-state index in [2.05, 4.69) is 50.2 Å². The Labute approximate surface area is 115 Å². The molecule has 0 spiro atoms. The first-order chi connectivity index (χ1) is 8.28.